The monoisotopic (exact) mass is 392 g/mol. The molecular formula is C16H20N6O4S. The maximum Gasteiger partial charge on any atom is 0.312 e. The van der Waals surface area contributed by atoms with Gasteiger partial charge in [0.15, 0.2) is 5.11 Å². The number of benzene rings is 1. The average molecular weight is 392 g/mol. The summed E-state index contributed by atoms with van der Waals surface area (Å²) in [6, 6.07) is 6.30. The summed E-state index contributed by atoms with van der Waals surface area (Å²) in [6.45, 7) is 4.66. The maximum absolute atomic E-state index is 12.3. The molecule has 10 nitrogen and oxygen atoms in total. The van der Waals surface area contributed by atoms with Gasteiger partial charge in [-0.2, -0.15) is 5.10 Å². The number of amides is 1. The predicted molar refractivity (Wildman–Crippen MR) is 104 cm³/mol. The predicted octanol–water partition coefficient (Wildman–Crippen LogP) is 2.00. The van der Waals surface area contributed by atoms with Gasteiger partial charge in [0.2, 0.25) is 0 Å². The molecule has 11 heteroatoms. The van der Waals surface area contributed by atoms with Crippen molar-refractivity contribution >= 4 is 34.6 Å². The Bertz CT molecular complexity index is 865. The van der Waals surface area contributed by atoms with E-state index in [1.54, 1.807) is 45.2 Å². The molecule has 0 saturated carbocycles. The van der Waals surface area contributed by atoms with Crippen LogP contribution >= 0.6 is 12.2 Å². The van der Waals surface area contributed by atoms with Gasteiger partial charge in [-0.05, 0) is 57.3 Å². The van der Waals surface area contributed by atoms with E-state index in [4.69, 9.17) is 17.0 Å². The molecule has 1 aromatic carbocycles. The highest BCUT2D eigenvalue weighted by Crippen LogP contribution is 2.24. The van der Waals surface area contributed by atoms with Crippen molar-refractivity contribution in [2.24, 2.45) is 0 Å². The molecule has 1 amide bonds. The normalized spacial score (nSPS) is 11.4. The van der Waals surface area contributed by atoms with Crippen LogP contribution < -0.4 is 20.9 Å². The number of aromatic nitrogens is 2. The molecule has 0 aliphatic heterocycles. The Morgan fingerprint density at radius 2 is 1.93 bits per heavy atom. The SMILES string of the molecule is COc1ccc(NC(=S)NNC(=O)[C@@H](C)n2nc(C)c([N+](=O)[O-])c2C)cc1. The minimum Gasteiger partial charge on any atom is -0.497 e. The summed E-state index contributed by atoms with van der Waals surface area (Å²) in [5.74, 6) is 0.259. The second-order valence-electron chi connectivity index (χ2n) is 5.69. The van der Waals surface area contributed by atoms with Crippen LogP contribution in [0.5, 0.6) is 5.75 Å². The van der Waals surface area contributed by atoms with Crippen molar-refractivity contribution in [2.45, 2.75) is 26.8 Å². The molecule has 0 unspecified atom stereocenters. The van der Waals surface area contributed by atoms with Crippen LogP contribution in [0.3, 0.4) is 0 Å². The zero-order valence-corrected chi connectivity index (χ0v) is 16.1. The van der Waals surface area contributed by atoms with E-state index in [2.05, 4.69) is 21.3 Å². The summed E-state index contributed by atoms with van der Waals surface area (Å²) in [7, 11) is 1.57. The van der Waals surface area contributed by atoms with Gasteiger partial charge in [-0.3, -0.25) is 30.4 Å². The third kappa shape index (κ3) is 4.70. The number of carbonyl (C=O) groups is 1. The van der Waals surface area contributed by atoms with Gasteiger partial charge in [-0.15, -0.1) is 0 Å². The first-order chi connectivity index (χ1) is 12.7. The molecule has 1 aromatic heterocycles. The molecular weight excluding hydrogens is 372 g/mol. The van der Waals surface area contributed by atoms with Crippen molar-refractivity contribution in [1.29, 1.82) is 0 Å². The molecule has 1 heterocycles. The first kappa shape index (κ1) is 20.1. The van der Waals surface area contributed by atoms with Crippen molar-refractivity contribution in [3.05, 3.63) is 45.8 Å². The van der Waals surface area contributed by atoms with Gasteiger partial charge in [-0.1, -0.05) is 0 Å². The Hall–Kier alpha value is -3.21. The van der Waals surface area contributed by atoms with Crippen LogP contribution in [0.2, 0.25) is 0 Å². The lowest BCUT2D eigenvalue weighted by molar-refractivity contribution is -0.386. The number of ether oxygens (including phenoxy) is 1. The van der Waals surface area contributed by atoms with Crippen molar-refractivity contribution in [2.75, 3.05) is 12.4 Å². The molecule has 0 bridgehead atoms. The maximum atomic E-state index is 12.3. The van der Waals surface area contributed by atoms with Crippen molar-refractivity contribution in [1.82, 2.24) is 20.6 Å². The van der Waals surface area contributed by atoms with Crippen molar-refractivity contribution < 1.29 is 14.5 Å². The fourth-order valence-electron chi connectivity index (χ4n) is 2.47. The Kier molecular flexibility index (Phi) is 6.29. The Labute approximate surface area is 161 Å². The van der Waals surface area contributed by atoms with Gasteiger partial charge < -0.3 is 10.1 Å². The molecule has 0 fully saturated rings. The molecule has 0 aliphatic rings. The highest BCUT2D eigenvalue weighted by Gasteiger charge is 2.27. The second kappa shape index (κ2) is 8.45. The van der Waals surface area contributed by atoms with E-state index in [1.807, 2.05) is 0 Å². The molecule has 0 saturated heterocycles. The van der Waals surface area contributed by atoms with E-state index in [0.29, 0.717) is 17.1 Å². The number of hydrogen-bond acceptors (Lipinski definition) is 6. The van der Waals surface area contributed by atoms with Gasteiger partial charge in [0.25, 0.3) is 5.91 Å². The lowest BCUT2D eigenvalue weighted by Gasteiger charge is -2.16. The lowest BCUT2D eigenvalue weighted by Crippen LogP contribution is -2.46. The van der Waals surface area contributed by atoms with Crippen molar-refractivity contribution in [3.8, 4) is 5.75 Å². The van der Waals surface area contributed by atoms with Crippen LogP contribution in [0.15, 0.2) is 24.3 Å². The minimum atomic E-state index is -0.770. The van der Waals surface area contributed by atoms with Gasteiger partial charge in [0.05, 0.1) is 12.0 Å². The number of thiocarbonyl (C=S) groups is 1. The number of anilines is 1. The standard InChI is InChI=1S/C16H20N6O4S/c1-9-14(22(24)25)10(2)21(20-9)11(3)15(23)18-19-16(27)17-12-5-7-13(26-4)8-6-12/h5-8,11H,1-4H3,(H,18,23)(H2,17,19,27)/t11-/m1/s1. The van der Waals surface area contributed by atoms with E-state index in [1.165, 1.54) is 11.6 Å². The molecule has 3 N–H and O–H groups in total. The van der Waals surface area contributed by atoms with Crippen LogP contribution in [0, 0.1) is 24.0 Å². The summed E-state index contributed by atoms with van der Waals surface area (Å²) < 4.78 is 6.38. The average Bonchev–Trinajstić information content (AvgIpc) is 2.94. The second-order valence-corrected chi connectivity index (χ2v) is 6.10. The summed E-state index contributed by atoms with van der Waals surface area (Å²) >= 11 is 5.12. The topological polar surface area (TPSA) is 123 Å². The number of aryl methyl sites for hydroxylation is 1. The third-order valence-corrected chi connectivity index (χ3v) is 4.07. The molecule has 0 spiro atoms. The Balaban J connectivity index is 1.95. The number of hydrazine groups is 1. The molecule has 144 valence electrons. The number of nitro groups is 1. The van der Waals surface area contributed by atoms with Gasteiger partial charge in [0.1, 0.15) is 23.2 Å². The van der Waals surface area contributed by atoms with Gasteiger partial charge in [-0.25, -0.2) is 0 Å². The Morgan fingerprint density at radius 1 is 1.30 bits per heavy atom. The molecule has 2 aromatic rings. The van der Waals surface area contributed by atoms with Crippen molar-refractivity contribution in [3.63, 3.8) is 0 Å². The molecule has 27 heavy (non-hydrogen) atoms. The summed E-state index contributed by atoms with van der Waals surface area (Å²) in [5, 5.41) is 18.3. The third-order valence-electron chi connectivity index (χ3n) is 3.86. The number of carbonyl (C=O) groups excluding carboxylic acids is 1. The van der Waals surface area contributed by atoms with Crippen LogP contribution in [0.4, 0.5) is 11.4 Å². The number of nitrogens with zero attached hydrogens (tertiary/aromatic N) is 3. The number of hydrogen-bond donors (Lipinski definition) is 3. The fraction of sp³-hybridized carbons (Fsp3) is 0.312. The van der Waals surface area contributed by atoms with Gasteiger partial charge >= 0.3 is 5.69 Å². The summed E-state index contributed by atoms with van der Waals surface area (Å²) in [5.41, 5.74) is 6.22. The van der Waals surface area contributed by atoms with E-state index in [9.17, 15) is 14.9 Å². The number of nitrogens with one attached hydrogen (secondary N) is 3. The number of methoxy groups -OCH3 is 1. The highest BCUT2D eigenvalue weighted by atomic mass is 32.1. The molecule has 2 rings (SSSR count). The number of rotatable bonds is 5. The van der Waals surface area contributed by atoms with Gasteiger partial charge in [0, 0.05) is 5.69 Å². The zero-order valence-electron chi connectivity index (χ0n) is 15.3. The van der Waals surface area contributed by atoms with Crippen LogP contribution in [-0.2, 0) is 4.79 Å². The zero-order chi connectivity index (χ0) is 20.1. The van der Waals surface area contributed by atoms with E-state index in [-0.39, 0.29) is 16.5 Å². The lowest BCUT2D eigenvalue weighted by atomic mass is 10.3. The highest BCUT2D eigenvalue weighted by molar-refractivity contribution is 7.80. The first-order valence-electron chi connectivity index (χ1n) is 7.95. The Morgan fingerprint density at radius 3 is 2.44 bits per heavy atom. The summed E-state index contributed by atoms with van der Waals surface area (Å²) in [6.07, 6.45) is 0. The smallest absolute Gasteiger partial charge is 0.312 e. The molecule has 1 atom stereocenters. The molecule has 0 radical (unpaired) electrons. The van der Waals surface area contributed by atoms with Crippen LogP contribution in [-0.4, -0.2) is 32.8 Å². The summed E-state index contributed by atoms with van der Waals surface area (Å²) in [4.78, 5) is 22.9. The fourth-order valence-corrected chi connectivity index (χ4v) is 2.64. The molecule has 0 aliphatic carbocycles. The minimum absolute atomic E-state index is 0.0979. The van der Waals surface area contributed by atoms with E-state index >= 15 is 0 Å². The quantitative estimate of drug-likeness (QED) is 0.401. The van der Waals surface area contributed by atoms with Crippen LogP contribution in [0.25, 0.3) is 0 Å². The first-order valence-corrected chi connectivity index (χ1v) is 8.36. The van der Waals surface area contributed by atoms with Crippen LogP contribution in [0.1, 0.15) is 24.4 Å². The van der Waals surface area contributed by atoms with E-state index < -0.39 is 16.9 Å². The largest absolute Gasteiger partial charge is 0.497 e. The van der Waals surface area contributed by atoms with E-state index in [0.717, 1.165) is 0 Å².